The number of rotatable bonds is 7. The second kappa shape index (κ2) is 8.96. The van der Waals surface area contributed by atoms with Crippen LogP contribution in [0.5, 0.6) is 0 Å². The number of hydrogen-bond acceptors (Lipinski definition) is 3. The van der Waals surface area contributed by atoms with Crippen molar-refractivity contribution in [1.82, 2.24) is 4.90 Å². The van der Waals surface area contributed by atoms with Crippen molar-refractivity contribution < 1.29 is 13.9 Å². The molecule has 144 valence electrons. The van der Waals surface area contributed by atoms with E-state index in [0.29, 0.717) is 31.4 Å². The number of carbonyl (C=O) groups is 1. The molecule has 2 heterocycles. The summed E-state index contributed by atoms with van der Waals surface area (Å²) < 4.78 is 19.3. The summed E-state index contributed by atoms with van der Waals surface area (Å²) in [5, 5.41) is 0. The number of fused-ring (bicyclic) bond motifs is 1. The summed E-state index contributed by atoms with van der Waals surface area (Å²) in [6.45, 7) is 9.02. The monoisotopic (exact) mass is 362 g/mol. The lowest BCUT2D eigenvalue weighted by Gasteiger charge is -2.36. The van der Waals surface area contributed by atoms with E-state index in [-0.39, 0.29) is 11.7 Å². The van der Waals surface area contributed by atoms with Crippen LogP contribution >= 0.6 is 0 Å². The first-order valence-corrected chi connectivity index (χ1v) is 9.99. The molecule has 4 nitrogen and oxygen atoms in total. The van der Waals surface area contributed by atoms with Crippen molar-refractivity contribution >= 4 is 11.6 Å². The zero-order valence-corrected chi connectivity index (χ0v) is 16.0. The molecule has 0 aromatic heterocycles. The number of hydrogen-bond donors (Lipinski definition) is 0. The van der Waals surface area contributed by atoms with Gasteiger partial charge in [0.1, 0.15) is 5.82 Å². The minimum Gasteiger partial charge on any atom is -0.378 e. The summed E-state index contributed by atoms with van der Waals surface area (Å²) in [5.41, 5.74) is 1.84. The van der Waals surface area contributed by atoms with Crippen molar-refractivity contribution in [2.45, 2.75) is 52.1 Å². The molecule has 3 rings (SSSR count). The first-order chi connectivity index (χ1) is 12.6. The van der Waals surface area contributed by atoms with Crippen LogP contribution < -0.4 is 4.90 Å². The van der Waals surface area contributed by atoms with Crippen molar-refractivity contribution in [2.75, 3.05) is 37.7 Å². The smallest absolute Gasteiger partial charge is 0.227 e. The highest BCUT2D eigenvalue weighted by Crippen LogP contribution is 2.29. The molecule has 0 N–H and O–H groups in total. The van der Waals surface area contributed by atoms with Crippen molar-refractivity contribution in [3.8, 4) is 0 Å². The predicted octanol–water partition coefficient (Wildman–Crippen LogP) is 3.63. The molecular weight excluding hydrogens is 331 g/mol. The molecule has 0 aliphatic carbocycles. The first kappa shape index (κ1) is 19.3. The number of halogens is 1. The van der Waals surface area contributed by atoms with Crippen LogP contribution in [-0.4, -0.2) is 49.7 Å². The largest absolute Gasteiger partial charge is 0.378 e. The highest BCUT2D eigenvalue weighted by atomic mass is 19.1. The molecule has 2 aliphatic rings. The van der Waals surface area contributed by atoms with Gasteiger partial charge in [-0.2, -0.15) is 0 Å². The summed E-state index contributed by atoms with van der Waals surface area (Å²) in [4.78, 5) is 16.8. The Morgan fingerprint density at radius 2 is 2.00 bits per heavy atom. The Morgan fingerprint density at radius 1 is 1.23 bits per heavy atom. The van der Waals surface area contributed by atoms with Crippen LogP contribution in [0.1, 0.15) is 45.1 Å². The quantitative estimate of drug-likeness (QED) is 0.742. The Balaban J connectivity index is 1.52. The molecule has 5 heteroatoms. The van der Waals surface area contributed by atoms with E-state index in [4.69, 9.17) is 4.74 Å². The number of anilines is 1. The van der Waals surface area contributed by atoms with E-state index in [0.717, 1.165) is 56.8 Å². The second-order valence-electron chi connectivity index (χ2n) is 7.75. The molecule has 0 radical (unpaired) electrons. The molecule has 1 aromatic carbocycles. The van der Waals surface area contributed by atoms with Gasteiger partial charge in [0.15, 0.2) is 0 Å². The zero-order chi connectivity index (χ0) is 18.5. The minimum absolute atomic E-state index is 0.155. The van der Waals surface area contributed by atoms with Gasteiger partial charge in [0.2, 0.25) is 5.91 Å². The average molecular weight is 362 g/mol. The molecule has 1 atom stereocenters. The van der Waals surface area contributed by atoms with Crippen LogP contribution in [0.3, 0.4) is 0 Å². The fourth-order valence-electron chi connectivity index (χ4n) is 4.08. The van der Waals surface area contributed by atoms with Gasteiger partial charge in [-0.25, -0.2) is 4.39 Å². The van der Waals surface area contributed by atoms with Crippen molar-refractivity contribution in [3.63, 3.8) is 0 Å². The molecule has 0 saturated carbocycles. The number of carbonyl (C=O) groups excluding carboxylic acids is 1. The van der Waals surface area contributed by atoms with Gasteiger partial charge < -0.3 is 14.5 Å². The summed E-state index contributed by atoms with van der Waals surface area (Å²) in [5.74, 6) is 0.310. The SMILES string of the molecule is CCCOC1CCN(CC(C)CN2C(=O)CCc3cc(F)ccc32)CC1. The van der Waals surface area contributed by atoms with Gasteiger partial charge in [0.25, 0.3) is 0 Å². The highest BCUT2D eigenvalue weighted by molar-refractivity contribution is 5.96. The molecule has 1 fully saturated rings. The van der Waals surface area contributed by atoms with E-state index in [9.17, 15) is 9.18 Å². The maximum absolute atomic E-state index is 13.5. The average Bonchev–Trinajstić information content (AvgIpc) is 2.63. The maximum Gasteiger partial charge on any atom is 0.227 e. The number of aryl methyl sites for hydroxylation is 1. The molecule has 0 spiro atoms. The number of likely N-dealkylation sites (tertiary alicyclic amines) is 1. The van der Waals surface area contributed by atoms with Crippen LogP contribution in [0.15, 0.2) is 18.2 Å². The van der Waals surface area contributed by atoms with Gasteiger partial charge in [-0.1, -0.05) is 13.8 Å². The number of amides is 1. The Hall–Kier alpha value is -1.46. The normalized spacial score (nSPS) is 20.3. The van der Waals surface area contributed by atoms with Crippen LogP contribution in [0.4, 0.5) is 10.1 Å². The summed E-state index contributed by atoms with van der Waals surface area (Å²) in [6, 6.07) is 4.78. The minimum atomic E-state index is -0.223. The molecule has 2 aliphatic heterocycles. The van der Waals surface area contributed by atoms with E-state index < -0.39 is 0 Å². The van der Waals surface area contributed by atoms with Crippen molar-refractivity contribution in [2.24, 2.45) is 5.92 Å². The summed E-state index contributed by atoms with van der Waals surface area (Å²) in [6.07, 6.45) is 4.79. The topological polar surface area (TPSA) is 32.8 Å². The molecule has 0 bridgehead atoms. The third-order valence-corrected chi connectivity index (χ3v) is 5.40. The lowest BCUT2D eigenvalue weighted by molar-refractivity contribution is -0.119. The van der Waals surface area contributed by atoms with Gasteiger partial charge in [-0.15, -0.1) is 0 Å². The van der Waals surface area contributed by atoms with Gasteiger partial charge in [0, 0.05) is 44.9 Å². The van der Waals surface area contributed by atoms with Crippen LogP contribution in [0, 0.1) is 11.7 Å². The van der Waals surface area contributed by atoms with E-state index in [1.807, 2.05) is 4.90 Å². The van der Waals surface area contributed by atoms with Crippen LogP contribution in [0.2, 0.25) is 0 Å². The maximum atomic E-state index is 13.5. The number of ether oxygens (including phenoxy) is 1. The predicted molar refractivity (Wildman–Crippen MR) is 102 cm³/mol. The molecule has 1 aromatic rings. The second-order valence-corrected chi connectivity index (χ2v) is 7.75. The number of nitrogens with zero attached hydrogens (tertiary/aromatic N) is 2. The Morgan fingerprint density at radius 3 is 2.73 bits per heavy atom. The molecule has 1 unspecified atom stereocenters. The van der Waals surface area contributed by atoms with Gasteiger partial charge >= 0.3 is 0 Å². The van der Waals surface area contributed by atoms with Crippen LogP contribution in [0.25, 0.3) is 0 Å². The zero-order valence-electron chi connectivity index (χ0n) is 16.0. The first-order valence-electron chi connectivity index (χ1n) is 9.99. The molecule has 1 amide bonds. The Kier molecular flexibility index (Phi) is 6.65. The Bertz CT molecular complexity index is 614. The molecular formula is C21H31FN2O2. The molecule has 26 heavy (non-hydrogen) atoms. The lowest BCUT2D eigenvalue weighted by Crippen LogP contribution is -2.44. The van der Waals surface area contributed by atoms with Crippen molar-refractivity contribution in [1.29, 1.82) is 0 Å². The summed E-state index contributed by atoms with van der Waals surface area (Å²) in [7, 11) is 0. The fraction of sp³-hybridized carbons (Fsp3) is 0.667. The highest BCUT2D eigenvalue weighted by Gasteiger charge is 2.27. The van der Waals surface area contributed by atoms with E-state index in [1.165, 1.54) is 6.07 Å². The van der Waals surface area contributed by atoms with E-state index >= 15 is 0 Å². The fourth-order valence-corrected chi connectivity index (χ4v) is 4.08. The van der Waals surface area contributed by atoms with Gasteiger partial charge in [-0.05, 0) is 55.4 Å². The summed E-state index contributed by atoms with van der Waals surface area (Å²) >= 11 is 0. The lowest BCUT2D eigenvalue weighted by atomic mass is 9.99. The number of benzene rings is 1. The number of piperidine rings is 1. The standard InChI is InChI=1S/C21H31FN2O2/c1-3-12-26-19-8-10-23(11-9-19)14-16(2)15-24-20-6-5-18(22)13-17(20)4-7-21(24)25/h5-6,13,16,19H,3-4,7-12,14-15H2,1-2H3. The van der Waals surface area contributed by atoms with E-state index in [2.05, 4.69) is 18.7 Å². The molecule has 1 saturated heterocycles. The third-order valence-electron chi connectivity index (χ3n) is 5.40. The van der Waals surface area contributed by atoms with E-state index in [1.54, 1.807) is 12.1 Å². The Labute approximate surface area is 156 Å². The van der Waals surface area contributed by atoms with Crippen LogP contribution in [-0.2, 0) is 16.0 Å². The third kappa shape index (κ3) is 4.83. The van der Waals surface area contributed by atoms with Crippen molar-refractivity contribution in [3.05, 3.63) is 29.6 Å². The van der Waals surface area contributed by atoms with Gasteiger partial charge in [0.05, 0.1) is 6.10 Å². The van der Waals surface area contributed by atoms with Gasteiger partial charge in [-0.3, -0.25) is 4.79 Å².